The van der Waals surface area contributed by atoms with E-state index in [9.17, 15) is 0 Å². The van der Waals surface area contributed by atoms with E-state index in [1.807, 2.05) is 25.1 Å². The molecular weight excluding hydrogens is 174 g/mol. The van der Waals surface area contributed by atoms with Gasteiger partial charge in [0.25, 0.3) is 0 Å². The van der Waals surface area contributed by atoms with Gasteiger partial charge < -0.3 is 11.5 Å². The maximum Gasteiger partial charge on any atom is 0.0574 e. The predicted molar refractivity (Wildman–Crippen MR) is 58.8 cm³/mol. The van der Waals surface area contributed by atoms with Crippen LogP contribution in [0.3, 0.4) is 0 Å². The normalized spacial score (nSPS) is 12.8. The van der Waals surface area contributed by atoms with Crippen molar-refractivity contribution < 1.29 is 0 Å². The fourth-order valence-corrected chi connectivity index (χ4v) is 1.43. The molecule has 1 atom stereocenters. The minimum atomic E-state index is 0.0569. The molecule has 0 unspecified atom stereocenters. The van der Waals surface area contributed by atoms with Crippen molar-refractivity contribution in [2.24, 2.45) is 11.5 Å². The van der Waals surface area contributed by atoms with Crippen LogP contribution < -0.4 is 11.5 Å². The number of hydrogen-bond donors (Lipinski definition) is 2. The van der Waals surface area contributed by atoms with Gasteiger partial charge in [-0.25, -0.2) is 0 Å². The van der Waals surface area contributed by atoms with Crippen LogP contribution in [0.4, 0.5) is 0 Å². The van der Waals surface area contributed by atoms with Gasteiger partial charge in [-0.2, -0.15) is 0 Å². The Bertz CT molecular complexity index is 273. The van der Waals surface area contributed by atoms with Gasteiger partial charge in [-0.05, 0) is 38.4 Å². The first kappa shape index (κ1) is 11.1. The van der Waals surface area contributed by atoms with Crippen molar-refractivity contribution in [1.29, 1.82) is 0 Å². The molecule has 14 heavy (non-hydrogen) atoms. The molecule has 3 nitrogen and oxygen atoms in total. The summed E-state index contributed by atoms with van der Waals surface area (Å²) in [4.78, 5) is 4.40. The number of rotatable bonds is 5. The molecule has 0 bridgehead atoms. The lowest BCUT2D eigenvalue weighted by molar-refractivity contribution is 0.578. The monoisotopic (exact) mass is 193 g/mol. The highest BCUT2D eigenvalue weighted by Crippen LogP contribution is 2.14. The Morgan fingerprint density at radius 2 is 2.14 bits per heavy atom. The van der Waals surface area contributed by atoms with Crippen molar-refractivity contribution in [3.63, 3.8) is 0 Å². The van der Waals surface area contributed by atoms with Crippen LogP contribution in [0, 0.1) is 6.92 Å². The van der Waals surface area contributed by atoms with E-state index in [-0.39, 0.29) is 6.04 Å². The van der Waals surface area contributed by atoms with E-state index in [0.29, 0.717) is 0 Å². The smallest absolute Gasteiger partial charge is 0.0574 e. The van der Waals surface area contributed by atoms with E-state index in [0.717, 1.165) is 37.2 Å². The zero-order chi connectivity index (χ0) is 10.4. The van der Waals surface area contributed by atoms with Gasteiger partial charge in [0.1, 0.15) is 0 Å². The van der Waals surface area contributed by atoms with Gasteiger partial charge in [-0.15, -0.1) is 0 Å². The molecule has 78 valence electrons. The van der Waals surface area contributed by atoms with Crippen LogP contribution in [0.2, 0.25) is 0 Å². The first-order valence-corrected chi connectivity index (χ1v) is 5.13. The largest absolute Gasteiger partial charge is 0.330 e. The second-order valence-corrected chi connectivity index (χ2v) is 3.59. The SMILES string of the molecule is Cc1cccc([C@H](N)CCCCN)n1. The predicted octanol–water partition coefficient (Wildman–Crippen LogP) is 1.52. The number of unbranched alkanes of at least 4 members (excludes halogenated alkanes) is 1. The molecule has 0 aromatic carbocycles. The topological polar surface area (TPSA) is 64.9 Å². The van der Waals surface area contributed by atoms with Gasteiger partial charge in [0.2, 0.25) is 0 Å². The van der Waals surface area contributed by atoms with Crippen molar-refractivity contribution in [1.82, 2.24) is 4.98 Å². The molecule has 0 radical (unpaired) electrons. The van der Waals surface area contributed by atoms with E-state index in [2.05, 4.69) is 4.98 Å². The molecule has 4 N–H and O–H groups in total. The quantitative estimate of drug-likeness (QED) is 0.697. The van der Waals surface area contributed by atoms with Crippen LogP contribution in [0.25, 0.3) is 0 Å². The molecule has 0 saturated carbocycles. The molecule has 3 heteroatoms. The molecule has 1 heterocycles. The zero-order valence-corrected chi connectivity index (χ0v) is 8.74. The number of nitrogens with two attached hydrogens (primary N) is 2. The highest BCUT2D eigenvalue weighted by Gasteiger charge is 2.06. The molecular formula is C11H19N3. The molecule has 0 fully saturated rings. The maximum absolute atomic E-state index is 6.00. The number of hydrogen-bond acceptors (Lipinski definition) is 3. The Labute approximate surface area is 85.5 Å². The van der Waals surface area contributed by atoms with Gasteiger partial charge >= 0.3 is 0 Å². The van der Waals surface area contributed by atoms with Crippen molar-refractivity contribution in [3.8, 4) is 0 Å². The molecule has 0 aliphatic rings. The van der Waals surface area contributed by atoms with Gasteiger partial charge in [-0.3, -0.25) is 4.98 Å². The molecule has 0 saturated heterocycles. The number of pyridine rings is 1. The summed E-state index contributed by atoms with van der Waals surface area (Å²) in [5.41, 5.74) is 13.4. The summed E-state index contributed by atoms with van der Waals surface area (Å²) in [5.74, 6) is 0. The average molecular weight is 193 g/mol. The van der Waals surface area contributed by atoms with Gasteiger partial charge in [0.05, 0.1) is 5.69 Å². The Balaban J connectivity index is 2.47. The average Bonchev–Trinajstić information content (AvgIpc) is 2.18. The fraction of sp³-hybridized carbons (Fsp3) is 0.545. The van der Waals surface area contributed by atoms with Crippen molar-refractivity contribution >= 4 is 0 Å². The third kappa shape index (κ3) is 3.44. The standard InChI is InChI=1S/C11H19N3/c1-9-5-4-7-11(14-9)10(13)6-2-3-8-12/h4-5,7,10H,2-3,6,8,12-13H2,1H3/t10-/m1/s1. The molecule has 1 aromatic rings. The van der Waals surface area contributed by atoms with Crippen molar-refractivity contribution in [2.75, 3.05) is 6.54 Å². The highest BCUT2D eigenvalue weighted by molar-refractivity contribution is 5.12. The molecule has 0 aliphatic heterocycles. The molecule has 1 aromatic heterocycles. The third-order valence-electron chi connectivity index (χ3n) is 2.26. The lowest BCUT2D eigenvalue weighted by Crippen LogP contribution is -2.13. The van der Waals surface area contributed by atoms with E-state index in [1.54, 1.807) is 0 Å². The molecule has 0 aliphatic carbocycles. The Morgan fingerprint density at radius 3 is 2.79 bits per heavy atom. The van der Waals surface area contributed by atoms with Gasteiger partial charge in [0.15, 0.2) is 0 Å². The Kier molecular flexibility index (Phi) is 4.56. The number of aromatic nitrogens is 1. The minimum absolute atomic E-state index is 0.0569. The van der Waals surface area contributed by atoms with E-state index in [4.69, 9.17) is 11.5 Å². The van der Waals surface area contributed by atoms with E-state index >= 15 is 0 Å². The summed E-state index contributed by atoms with van der Waals surface area (Å²) in [6, 6.07) is 6.03. The second-order valence-electron chi connectivity index (χ2n) is 3.59. The highest BCUT2D eigenvalue weighted by atomic mass is 14.8. The Morgan fingerprint density at radius 1 is 1.36 bits per heavy atom. The van der Waals surface area contributed by atoms with Crippen LogP contribution in [0.15, 0.2) is 18.2 Å². The maximum atomic E-state index is 6.00. The lowest BCUT2D eigenvalue weighted by Gasteiger charge is -2.10. The van der Waals surface area contributed by atoms with Crippen LogP contribution in [0.1, 0.15) is 36.7 Å². The lowest BCUT2D eigenvalue weighted by atomic mass is 10.1. The Hall–Kier alpha value is -0.930. The molecule has 0 amide bonds. The van der Waals surface area contributed by atoms with Crippen LogP contribution in [0.5, 0.6) is 0 Å². The summed E-state index contributed by atoms with van der Waals surface area (Å²) in [5, 5.41) is 0. The van der Waals surface area contributed by atoms with Crippen LogP contribution >= 0.6 is 0 Å². The zero-order valence-electron chi connectivity index (χ0n) is 8.74. The van der Waals surface area contributed by atoms with E-state index < -0.39 is 0 Å². The van der Waals surface area contributed by atoms with Crippen LogP contribution in [-0.2, 0) is 0 Å². The van der Waals surface area contributed by atoms with Gasteiger partial charge in [-0.1, -0.05) is 12.5 Å². The van der Waals surface area contributed by atoms with Crippen LogP contribution in [-0.4, -0.2) is 11.5 Å². The third-order valence-corrected chi connectivity index (χ3v) is 2.26. The van der Waals surface area contributed by atoms with Crippen molar-refractivity contribution in [2.45, 2.75) is 32.2 Å². The first-order valence-electron chi connectivity index (χ1n) is 5.13. The molecule has 1 rings (SSSR count). The number of nitrogens with zero attached hydrogens (tertiary/aromatic N) is 1. The summed E-state index contributed by atoms with van der Waals surface area (Å²) in [6.07, 6.45) is 3.08. The number of aryl methyl sites for hydroxylation is 1. The summed E-state index contributed by atoms with van der Waals surface area (Å²) >= 11 is 0. The minimum Gasteiger partial charge on any atom is -0.330 e. The fourth-order valence-electron chi connectivity index (χ4n) is 1.43. The summed E-state index contributed by atoms with van der Waals surface area (Å²) in [6.45, 7) is 2.73. The second kappa shape index (κ2) is 5.73. The molecule has 0 spiro atoms. The van der Waals surface area contributed by atoms with Crippen molar-refractivity contribution in [3.05, 3.63) is 29.6 Å². The summed E-state index contributed by atoms with van der Waals surface area (Å²) in [7, 11) is 0. The van der Waals surface area contributed by atoms with E-state index in [1.165, 1.54) is 0 Å². The first-order chi connectivity index (χ1) is 6.74. The summed E-state index contributed by atoms with van der Waals surface area (Å²) < 4.78 is 0. The van der Waals surface area contributed by atoms with Gasteiger partial charge in [0, 0.05) is 11.7 Å².